The molecule has 0 N–H and O–H groups in total. The van der Waals surface area contributed by atoms with Gasteiger partial charge in [0.15, 0.2) is 11.4 Å². The quantitative estimate of drug-likeness (QED) is 0.629. The van der Waals surface area contributed by atoms with E-state index >= 15 is 0 Å². The van der Waals surface area contributed by atoms with Crippen LogP contribution < -0.4 is 0 Å². The van der Waals surface area contributed by atoms with Crippen LogP contribution in [0.15, 0.2) is 34.3 Å². The fourth-order valence-corrected chi connectivity index (χ4v) is 2.48. The molecule has 0 saturated carbocycles. The number of hydrogen-bond acceptors (Lipinski definition) is 4. The number of aryl methyl sites for hydroxylation is 2. The van der Waals surface area contributed by atoms with Crippen molar-refractivity contribution >= 4 is 18.0 Å². The lowest BCUT2D eigenvalue weighted by Crippen LogP contribution is -1.94. The van der Waals surface area contributed by atoms with Gasteiger partial charge in [0.1, 0.15) is 5.82 Å². The highest BCUT2D eigenvalue weighted by Gasteiger charge is 2.08. The Balaban J connectivity index is 2.36. The van der Waals surface area contributed by atoms with E-state index in [1.807, 2.05) is 19.9 Å². The van der Waals surface area contributed by atoms with Crippen LogP contribution in [0.2, 0.25) is 0 Å². The molecule has 2 rings (SSSR count). The summed E-state index contributed by atoms with van der Waals surface area (Å²) in [6, 6.07) is 5.95. The van der Waals surface area contributed by atoms with Crippen molar-refractivity contribution in [3.63, 3.8) is 0 Å². The molecular formula is C13H11FN2OS. The molecule has 5 heteroatoms. The monoisotopic (exact) mass is 262 g/mol. The second-order valence-corrected chi connectivity index (χ2v) is 4.84. The summed E-state index contributed by atoms with van der Waals surface area (Å²) in [6.07, 6.45) is 0.633. The predicted molar refractivity (Wildman–Crippen MR) is 67.4 cm³/mol. The molecule has 0 amide bonds. The molecule has 92 valence electrons. The second-order valence-electron chi connectivity index (χ2n) is 3.84. The third-order valence-electron chi connectivity index (χ3n) is 2.26. The smallest absolute Gasteiger partial charge is 0.192 e. The maximum atomic E-state index is 13.0. The molecule has 0 aliphatic carbocycles. The summed E-state index contributed by atoms with van der Waals surface area (Å²) in [7, 11) is 0. The molecule has 0 saturated heterocycles. The van der Waals surface area contributed by atoms with Crippen molar-refractivity contribution in [2.75, 3.05) is 0 Å². The van der Waals surface area contributed by atoms with Crippen molar-refractivity contribution < 1.29 is 9.18 Å². The van der Waals surface area contributed by atoms with Crippen LogP contribution in [-0.2, 0) is 0 Å². The Hall–Kier alpha value is -1.75. The zero-order valence-electron chi connectivity index (χ0n) is 9.98. The third-order valence-corrected chi connectivity index (χ3v) is 3.22. The second kappa shape index (κ2) is 5.27. The lowest BCUT2D eigenvalue weighted by molar-refractivity contribution is 0.112. The first kappa shape index (κ1) is 12.7. The molecule has 18 heavy (non-hydrogen) atoms. The fraction of sp³-hybridized carbons (Fsp3) is 0.154. The van der Waals surface area contributed by atoms with Crippen LogP contribution in [-0.4, -0.2) is 16.3 Å². The Kier molecular flexibility index (Phi) is 3.72. The SMILES string of the molecule is Cc1cc(C)nc(Sc2ccc(F)cc2C=O)n1. The van der Waals surface area contributed by atoms with E-state index in [4.69, 9.17) is 0 Å². The number of aromatic nitrogens is 2. The summed E-state index contributed by atoms with van der Waals surface area (Å²) in [4.78, 5) is 20.1. The Morgan fingerprint density at radius 1 is 1.17 bits per heavy atom. The van der Waals surface area contributed by atoms with Gasteiger partial charge in [0.25, 0.3) is 0 Å². The van der Waals surface area contributed by atoms with E-state index in [1.54, 1.807) is 6.07 Å². The Morgan fingerprint density at radius 3 is 2.44 bits per heavy atom. The van der Waals surface area contributed by atoms with Gasteiger partial charge in [0.05, 0.1) is 0 Å². The van der Waals surface area contributed by atoms with Crippen LogP contribution in [0.25, 0.3) is 0 Å². The number of rotatable bonds is 3. The van der Waals surface area contributed by atoms with Crippen LogP contribution in [0, 0.1) is 19.7 Å². The largest absolute Gasteiger partial charge is 0.298 e. The first-order valence-corrected chi connectivity index (χ1v) is 6.15. The van der Waals surface area contributed by atoms with E-state index in [9.17, 15) is 9.18 Å². The minimum absolute atomic E-state index is 0.308. The number of nitrogens with zero attached hydrogens (tertiary/aromatic N) is 2. The summed E-state index contributed by atoms with van der Waals surface area (Å²) in [5.41, 5.74) is 2.03. The normalized spacial score (nSPS) is 10.4. The Labute approximate surface area is 108 Å². The number of halogens is 1. The molecule has 1 aromatic heterocycles. The molecule has 1 heterocycles. The Bertz CT molecular complexity index is 581. The maximum absolute atomic E-state index is 13.0. The molecule has 0 bridgehead atoms. The zero-order chi connectivity index (χ0) is 13.1. The minimum atomic E-state index is -0.428. The number of benzene rings is 1. The molecule has 3 nitrogen and oxygen atoms in total. The first-order chi connectivity index (χ1) is 8.58. The van der Waals surface area contributed by atoms with Gasteiger partial charge in [-0.15, -0.1) is 0 Å². The first-order valence-electron chi connectivity index (χ1n) is 5.33. The average molecular weight is 262 g/mol. The van der Waals surface area contributed by atoms with Crippen molar-refractivity contribution in [2.24, 2.45) is 0 Å². The number of hydrogen-bond donors (Lipinski definition) is 0. The number of aldehydes is 1. The Morgan fingerprint density at radius 2 is 1.83 bits per heavy atom. The predicted octanol–water partition coefficient (Wildman–Crippen LogP) is 3.20. The van der Waals surface area contributed by atoms with Gasteiger partial charge in [-0.25, -0.2) is 14.4 Å². The van der Waals surface area contributed by atoms with E-state index in [1.165, 1.54) is 23.9 Å². The summed E-state index contributed by atoms with van der Waals surface area (Å²) in [5.74, 6) is -0.428. The number of carbonyl (C=O) groups excluding carboxylic acids is 1. The zero-order valence-corrected chi connectivity index (χ0v) is 10.8. The van der Waals surface area contributed by atoms with Gasteiger partial charge in [0, 0.05) is 21.8 Å². The lowest BCUT2D eigenvalue weighted by Gasteiger charge is -2.05. The van der Waals surface area contributed by atoms with Crippen molar-refractivity contribution in [2.45, 2.75) is 23.9 Å². The molecule has 0 fully saturated rings. The van der Waals surface area contributed by atoms with E-state index in [0.29, 0.717) is 21.9 Å². The van der Waals surface area contributed by atoms with Gasteiger partial charge >= 0.3 is 0 Å². The molecule has 0 spiro atoms. The third kappa shape index (κ3) is 2.92. The van der Waals surface area contributed by atoms with Crippen LogP contribution in [0.4, 0.5) is 4.39 Å². The van der Waals surface area contributed by atoms with E-state index in [2.05, 4.69) is 9.97 Å². The molecule has 0 atom stereocenters. The van der Waals surface area contributed by atoms with Gasteiger partial charge in [0.2, 0.25) is 0 Å². The van der Waals surface area contributed by atoms with Crippen LogP contribution in [0.3, 0.4) is 0 Å². The topological polar surface area (TPSA) is 42.9 Å². The standard InChI is InChI=1S/C13H11FN2OS/c1-8-5-9(2)16-13(15-8)18-12-4-3-11(14)6-10(12)7-17/h3-7H,1-2H3. The van der Waals surface area contributed by atoms with Crippen molar-refractivity contribution in [1.29, 1.82) is 0 Å². The highest BCUT2D eigenvalue weighted by molar-refractivity contribution is 7.99. The van der Waals surface area contributed by atoms with Crippen LogP contribution in [0.1, 0.15) is 21.7 Å². The van der Waals surface area contributed by atoms with E-state index in [0.717, 1.165) is 11.4 Å². The van der Waals surface area contributed by atoms with Crippen molar-refractivity contribution in [1.82, 2.24) is 9.97 Å². The summed E-state index contributed by atoms with van der Waals surface area (Å²) in [5, 5.41) is 0.558. The van der Waals surface area contributed by atoms with Crippen molar-refractivity contribution in [3.05, 3.63) is 47.0 Å². The van der Waals surface area contributed by atoms with Gasteiger partial charge in [-0.3, -0.25) is 4.79 Å². The molecule has 0 unspecified atom stereocenters. The fourth-order valence-electron chi connectivity index (χ4n) is 1.54. The highest BCUT2D eigenvalue weighted by atomic mass is 32.2. The molecular weight excluding hydrogens is 251 g/mol. The van der Waals surface area contributed by atoms with Gasteiger partial charge in [-0.2, -0.15) is 0 Å². The summed E-state index contributed by atoms with van der Waals surface area (Å²) in [6.45, 7) is 3.76. The molecule has 2 aromatic rings. The minimum Gasteiger partial charge on any atom is -0.298 e. The molecule has 0 aliphatic rings. The van der Waals surface area contributed by atoms with Gasteiger partial charge < -0.3 is 0 Å². The summed E-state index contributed by atoms with van der Waals surface area (Å²) >= 11 is 1.26. The lowest BCUT2D eigenvalue weighted by atomic mass is 10.2. The van der Waals surface area contributed by atoms with E-state index in [-0.39, 0.29) is 0 Å². The molecule has 0 radical (unpaired) electrons. The van der Waals surface area contributed by atoms with Crippen LogP contribution >= 0.6 is 11.8 Å². The van der Waals surface area contributed by atoms with Gasteiger partial charge in [-0.1, -0.05) is 0 Å². The number of carbonyl (C=O) groups is 1. The summed E-state index contributed by atoms with van der Waals surface area (Å²) < 4.78 is 13.0. The average Bonchev–Trinajstić information content (AvgIpc) is 2.30. The van der Waals surface area contributed by atoms with Crippen molar-refractivity contribution in [3.8, 4) is 0 Å². The molecule has 0 aliphatic heterocycles. The highest BCUT2D eigenvalue weighted by Crippen LogP contribution is 2.28. The maximum Gasteiger partial charge on any atom is 0.192 e. The van der Waals surface area contributed by atoms with Crippen LogP contribution in [0.5, 0.6) is 0 Å². The van der Waals surface area contributed by atoms with E-state index < -0.39 is 5.82 Å². The van der Waals surface area contributed by atoms with Gasteiger partial charge in [-0.05, 0) is 49.9 Å². The molecule has 1 aromatic carbocycles.